The van der Waals surface area contributed by atoms with Crippen molar-refractivity contribution in [2.45, 2.75) is 57.7 Å². The van der Waals surface area contributed by atoms with Gasteiger partial charge in [-0.25, -0.2) is 4.39 Å². The van der Waals surface area contributed by atoms with Gasteiger partial charge >= 0.3 is 0 Å². The van der Waals surface area contributed by atoms with Gasteiger partial charge in [-0.15, -0.1) is 0 Å². The summed E-state index contributed by atoms with van der Waals surface area (Å²) >= 11 is 0. The number of hydrogen-bond acceptors (Lipinski definition) is 3. The molecule has 0 aromatic heterocycles. The molecule has 0 saturated carbocycles. The van der Waals surface area contributed by atoms with Crippen LogP contribution >= 0.6 is 0 Å². The fourth-order valence-corrected chi connectivity index (χ4v) is 5.22. The zero-order valence-electron chi connectivity index (χ0n) is 19.7. The lowest BCUT2D eigenvalue weighted by Gasteiger charge is -2.39. The molecule has 3 unspecified atom stereocenters. The highest BCUT2D eigenvalue weighted by atomic mass is 19.1. The van der Waals surface area contributed by atoms with Crippen LogP contribution in [0.15, 0.2) is 77.8 Å². The number of carbonyl (C=O) groups is 1. The van der Waals surface area contributed by atoms with Crippen molar-refractivity contribution >= 4 is 23.0 Å². The van der Waals surface area contributed by atoms with Gasteiger partial charge in [-0.3, -0.25) is 14.7 Å². The van der Waals surface area contributed by atoms with Crippen LogP contribution in [0.5, 0.6) is 0 Å². The Bertz CT molecular complexity index is 1200. The molecule has 5 rings (SSSR count). The predicted octanol–water partition coefficient (Wildman–Crippen LogP) is 6.45. The summed E-state index contributed by atoms with van der Waals surface area (Å²) in [6.07, 6.45) is 3.81. The molecule has 3 atom stereocenters. The first-order valence-corrected chi connectivity index (χ1v) is 12.1. The van der Waals surface area contributed by atoms with E-state index in [1.807, 2.05) is 42.5 Å². The van der Waals surface area contributed by atoms with Crippen LogP contribution in [-0.4, -0.2) is 28.6 Å². The zero-order valence-corrected chi connectivity index (χ0v) is 19.7. The molecule has 3 aromatic carbocycles. The summed E-state index contributed by atoms with van der Waals surface area (Å²) in [4.78, 5) is 20.5. The van der Waals surface area contributed by atoms with Crippen molar-refractivity contribution in [2.75, 3.05) is 5.32 Å². The van der Waals surface area contributed by atoms with Crippen molar-refractivity contribution in [2.24, 2.45) is 4.99 Å². The van der Waals surface area contributed by atoms with Gasteiger partial charge in [-0.1, -0.05) is 55.0 Å². The van der Waals surface area contributed by atoms with Gasteiger partial charge in [0.25, 0.3) is 0 Å². The molecule has 1 fully saturated rings. The predicted molar refractivity (Wildman–Crippen MR) is 135 cm³/mol. The van der Waals surface area contributed by atoms with Gasteiger partial charge < -0.3 is 5.32 Å². The minimum atomic E-state index is -0.590. The second-order valence-corrected chi connectivity index (χ2v) is 9.48. The van der Waals surface area contributed by atoms with Crippen molar-refractivity contribution in [3.63, 3.8) is 0 Å². The molecule has 0 radical (unpaired) electrons. The number of likely N-dealkylation sites (tertiary alicyclic amines) is 1. The number of halogens is 1. The third kappa shape index (κ3) is 4.53. The SMILES string of the molecule is CC1CCCC(C)N1Cc1ccc(N=C(c2ccccc2)C2C(=O)Nc3cc(F)ccc32)cc1. The van der Waals surface area contributed by atoms with Gasteiger partial charge in [-0.2, -0.15) is 0 Å². The van der Waals surface area contributed by atoms with E-state index in [2.05, 4.69) is 36.2 Å². The number of fused-ring (bicyclic) bond motifs is 1. The number of piperidine rings is 1. The summed E-state index contributed by atoms with van der Waals surface area (Å²) in [6.45, 7) is 5.56. The number of anilines is 1. The molecular formula is C29H30FN3O. The van der Waals surface area contributed by atoms with Crippen LogP contribution in [0.25, 0.3) is 0 Å². The van der Waals surface area contributed by atoms with E-state index in [4.69, 9.17) is 4.99 Å². The highest BCUT2D eigenvalue weighted by Crippen LogP contribution is 2.36. The maximum atomic E-state index is 13.8. The topological polar surface area (TPSA) is 44.7 Å². The Labute approximate surface area is 200 Å². The van der Waals surface area contributed by atoms with Crippen molar-refractivity contribution in [1.29, 1.82) is 0 Å². The van der Waals surface area contributed by atoms with Crippen LogP contribution in [0.2, 0.25) is 0 Å². The van der Waals surface area contributed by atoms with Crippen LogP contribution < -0.4 is 5.32 Å². The monoisotopic (exact) mass is 455 g/mol. The summed E-state index contributed by atoms with van der Waals surface area (Å²) in [5.41, 5.74) is 4.86. The highest BCUT2D eigenvalue weighted by molar-refractivity contribution is 6.24. The van der Waals surface area contributed by atoms with Crippen molar-refractivity contribution < 1.29 is 9.18 Å². The third-order valence-electron chi connectivity index (χ3n) is 7.12. The van der Waals surface area contributed by atoms with Crippen molar-refractivity contribution in [1.82, 2.24) is 4.90 Å². The molecule has 174 valence electrons. The van der Waals surface area contributed by atoms with Gasteiger partial charge in [0.05, 0.1) is 11.4 Å². The van der Waals surface area contributed by atoms with Crippen LogP contribution in [0.1, 0.15) is 55.7 Å². The molecule has 0 bridgehead atoms. The molecule has 0 spiro atoms. The van der Waals surface area contributed by atoms with E-state index in [0.717, 1.165) is 23.4 Å². The molecule has 5 heteroatoms. The Morgan fingerprint density at radius 3 is 2.41 bits per heavy atom. The van der Waals surface area contributed by atoms with Crippen LogP contribution in [0, 0.1) is 5.82 Å². The molecule has 2 aliphatic rings. The van der Waals surface area contributed by atoms with E-state index in [-0.39, 0.29) is 11.7 Å². The van der Waals surface area contributed by atoms with Gasteiger partial charge in [0.15, 0.2) is 0 Å². The number of rotatable bonds is 5. The Hall–Kier alpha value is -3.31. The average Bonchev–Trinajstić information content (AvgIpc) is 3.16. The van der Waals surface area contributed by atoms with E-state index in [9.17, 15) is 9.18 Å². The summed E-state index contributed by atoms with van der Waals surface area (Å²) in [5, 5.41) is 2.82. The number of carbonyl (C=O) groups excluding carboxylic acids is 1. The highest BCUT2D eigenvalue weighted by Gasteiger charge is 2.35. The van der Waals surface area contributed by atoms with E-state index >= 15 is 0 Å². The fourth-order valence-electron chi connectivity index (χ4n) is 5.22. The smallest absolute Gasteiger partial charge is 0.238 e. The molecule has 0 aliphatic carbocycles. The Morgan fingerprint density at radius 1 is 1.00 bits per heavy atom. The first-order chi connectivity index (χ1) is 16.5. The number of benzene rings is 3. The Balaban J connectivity index is 1.47. The molecule has 1 amide bonds. The van der Waals surface area contributed by atoms with E-state index in [1.54, 1.807) is 6.07 Å². The Kier molecular flexibility index (Phi) is 6.29. The van der Waals surface area contributed by atoms with Gasteiger partial charge in [0.1, 0.15) is 11.7 Å². The normalized spacial score (nSPS) is 23.0. The first-order valence-electron chi connectivity index (χ1n) is 12.1. The molecular weight excluding hydrogens is 425 g/mol. The number of aliphatic imine (C=N–C) groups is 1. The third-order valence-corrected chi connectivity index (χ3v) is 7.12. The van der Waals surface area contributed by atoms with Crippen molar-refractivity contribution in [3.8, 4) is 0 Å². The lowest BCUT2D eigenvalue weighted by Crippen LogP contribution is -2.42. The van der Waals surface area contributed by atoms with Crippen molar-refractivity contribution in [3.05, 3.63) is 95.3 Å². The largest absolute Gasteiger partial charge is 0.325 e. The van der Waals surface area contributed by atoms with E-state index < -0.39 is 5.92 Å². The minimum Gasteiger partial charge on any atom is -0.325 e. The summed E-state index contributed by atoms with van der Waals surface area (Å²) < 4.78 is 13.8. The van der Waals surface area contributed by atoms with E-state index in [0.29, 0.717) is 23.5 Å². The number of amides is 1. The standard InChI is InChI=1S/C29H30FN3O/c1-19-7-6-8-20(2)33(19)18-21-11-14-24(15-12-21)31-28(22-9-4-3-5-10-22)27-25-16-13-23(30)17-26(25)32-29(27)34/h3-5,9-17,19-20,27H,6-8,18H2,1-2H3,(H,32,34). The maximum Gasteiger partial charge on any atom is 0.238 e. The number of nitrogens with one attached hydrogen (secondary N) is 1. The lowest BCUT2D eigenvalue weighted by molar-refractivity contribution is -0.115. The molecule has 4 nitrogen and oxygen atoms in total. The number of hydrogen-bond donors (Lipinski definition) is 1. The average molecular weight is 456 g/mol. The summed E-state index contributed by atoms with van der Waals surface area (Å²) in [6, 6.07) is 23.7. The fraction of sp³-hybridized carbons (Fsp3) is 0.310. The second-order valence-electron chi connectivity index (χ2n) is 9.48. The molecule has 34 heavy (non-hydrogen) atoms. The molecule has 1 saturated heterocycles. The molecule has 2 aliphatic heterocycles. The molecule has 3 aromatic rings. The Morgan fingerprint density at radius 2 is 1.71 bits per heavy atom. The van der Waals surface area contributed by atoms with Gasteiger partial charge in [-0.05, 0) is 67.6 Å². The zero-order chi connectivity index (χ0) is 23.7. The minimum absolute atomic E-state index is 0.187. The second kappa shape index (κ2) is 9.51. The van der Waals surface area contributed by atoms with Gasteiger partial charge in [0, 0.05) is 24.3 Å². The summed E-state index contributed by atoms with van der Waals surface area (Å²) in [7, 11) is 0. The van der Waals surface area contributed by atoms with E-state index in [1.165, 1.54) is 37.0 Å². The molecule has 2 heterocycles. The first kappa shape index (κ1) is 22.5. The van der Waals surface area contributed by atoms with Crippen LogP contribution in [0.4, 0.5) is 15.8 Å². The molecule has 1 N–H and O–H groups in total. The number of nitrogens with zero attached hydrogens (tertiary/aromatic N) is 2. The van der Waals surface area contributed by atoms with Gasteiger partial charge in [0.2, 0.25) is 5.91 Å². The van der Waals surface area contributed by atoms with Crippen LogP contribution in [-0.2, 0) is 11.3 Å². The lowest BCUT2D eigenvalue weighted by atomic mass is 9.90. The van der Waals surface area contributed by atoms with Crippen LogP contribution in [0.3, 0.4) is 0 Å². The quantitative estimate of drug-likeness (QED) is 0.450. The maximum absolute atomic E-state index is 13.8. The summed E-state index contributed by atoms with van der Waals surface area (Å²) in [5.74, 6) is -1.15.